The average Bonchev–Trinajstić information content (AvgIpc) is 3.30. The van der Waals surface area contributed by atoms with Gasteiger partial charge in [-0.25, -0.2) is 0 Å². The zero-order valence-electron chi connectivity index (χ0n) is 42.2. The number of esters is 3. The molecular weight excluding hydrogens is 805 g/mol. The fourth-order valence-corrected chi connectivity index (χ4v) is 7.01. The molecule has 0 aromatic carbocycles. The number of rotatable bonds is 47. The number of carbonyl (C=O) groups is 3. The molecule has 0 N–H and O–H groups in total. The standard InChI is InChI=1S/C59H98O6/c1-4-7-10-13-16-19-22-24-25-26-27-28-29-30-31-32-33-35-37-40-43-46-49-52-58(61)64-55-56(54-63-57(60)51-48-45-42-39-36-21-18-15-12-9-6-3)65-59(62)53-50-47-44-41-38-34-23-20-17-14-11-8-5-2/h7,10,15-16,18-20,23-25,27-28,30-31,33,35,56H,4-6,8-9,11-14,17,21-22,26,29,32,34,36-55H2,1-3H3/b10-7-,18-15-,19-16-,23-20-,25-24-,28-27-,31-30-,35-33-. The molecule has 0 aliphatic heterocycles. The lowest BCUT2D eigenvalue weighted by atomic mass is 10.1. The van der Waals surface area contributed by atoms with Crippen molar-refractivity contribution in [2.24, 2.45) is 0 Å². The Morgan fingerprint density at radius 3 is 1.00 bits per heavy atom. The molecule has 0 saturated carbocycles. The smallest absolute Gasteiger partial charge is 0.306 e. The van der Waals surface area contributed by atoms with E-state index >= 15 is 0 Å². The van der Waals surface area contributed by atoms with Crippen LogP contribution < -0.4 is 0 Å². The Kier molecular flexibility index (Phi) is 50.0. The van der Waals surface area contributed by atoms with E-state index in [2.05, 4.69) is 118 Å². The summed E-state index contributed by atoms with van der Waals surface area (Å²) in [5, 5.41) is 0. The molecule has 1 unspecified atom stereocenters. The van der Waals surface area contributed by atoms with E-state index in [0.717, 1.165) is 135 Å². The lowest BCUT2D eigenvalue weighted by Gasteiger charge is -2.18. The highest BCUT2D eigenvalue weighted by Gasteiger charge is 2.19. The van der Waals surface area contributed by atoms with Gasteiger partial charge in [-0.2, -0.15) is 0 Å². The Hall–Kier alpha value is -3.67. The highest BCUT2D eigenvalue weighted by Crippen LogP contribution is 2.13. The molecule has 0 heterocycles. The number of carbonyl (C=O) groups excluding carboxylic acids is 3. The summed E-state index contributed by atoms with van der Waals surface area (Å²) in [5.41, 5.74) is 0. The minimum Gasteiger partial charge on any atom is -0.462 e. The molecule has 6 nitrogen and oxygen atoms in total. The Labute approximate surface area is 400 Å². The van der Waals surface area contributed by atoms with Crippen molar-refractivity contribution in [1.29, 1.82) is 0 Å². The number of hydrogen-bond donors (Lipinski definition) is 0. The van der Waals surface area contributed by atoms with Gasteiger partial charge in [0, 0.05) is 19.3 Å². The Morgan fingerprint density at radius 2 is 0.615 bits per heavy atom. The fraction of sp³-hybridized carbons (Fsp3) is 0.678. The average molecular weight is 903 g/mol. The van der Waals surface area contributed by atoms with Crippen LogP contribution in [0.4, 0.5) is 0 Å². The van der Waals surface area contributed by atoms with Gasteiger partial charge in [0.2, 0.25) is 0 Å². The maximum atomic E-state index is 12.8. The summed E-state index contributed by atoms with van der Waals surface area (Å²) >= 11 is 0. The van der Waals surface area contributed by atoms with Gasteiger partial charge in [0.1, 0.15) is 13.2 Å². The van der Waals surface area contributed by atoms with E-state index in [1.165, 1.54) is 64.2 Å². The maximum absolute atomic E-state index is 12.8. The second kappa shape index (κ2) is 52.9. The van der Waals surface area contributed by atoms with Crippen molar-refractivity contribution in [2.45, 2.75) is 245 Å². The first-order chi connectivity index (χ1) is 32.0. The molecule has 0 amide bonds. The van der Waals surface area contributed by atoms with E-state index in [1.807, 2.05) is 0 Å². The van der Waals surface area contributed by atoms with E-state index in [-0.39, 0.29) is 31.1 Å². The minimum absolute atomic E-state index is 0.0943. The summed E-state index contributed by atoms with van der Waals surface area (Å²) < 4.78 is 16.8. The van der Waals surface area contributed by atoms with Crippen molar-refractivity contribution in [3.8, 4) is 0 Å². The summed E-state index contributed by atoms with van der Waals surface area (Å²) in [4.78, 5) is 38.0. The van der Waals surface area contributed by atoms with E-state index < -0.39 is 6.10 Å². The molecular formula is C59H98O6. The third-order valence-electron chi connectivity index (χ3n) is 11.0. The summed E-state index contributed by atoms with van der Waals surface area (Å²) in [6.45, 7) is 6.42. The number of ether oxygens (including phenoxy) is 3. The van der Waals surface area contributed by atoms with Crippen LogP contribution in [0, 0.1) is 0 Å². The molecule has 0 aliphatic rings. The molecule has 0 rings (SSSR count). The molecule has 1 atom stereocenters. The van der Waals surface area contributed by atoms with Gasteiger partial charge in [-0.05, 0) is 116 Å². The number of allylic oxidation sites excluding steroid dienone is 16. The quantitative estimate of drug-likeness (QED) is 0.0262. The van der Waals surface area contributed by atoms with E-state index in [0.29, 0.717) is 19.3 Å². The third kappa shape index (κ3) is 51.2. The largest absolute Gasteiger partial charge is 0.462 e. The summed E-state index contributed by atoms with van der Waals surface area (Å²) in [5.74, 6) is -0.941. The van der Waals surface area contributed by atoms with Crippen LogP contribution in [0.25, 0.3) is 0 Å². The monoisotopic (exact) mass is 903 g/mol. The number of unbranched alkanes of at least 4 members (excludes halogenated alkanes) is 20. The number of hydrogen-bond acceptors (Lipinski definition) is 6. The highest BCUT2D eigenvalue weighted by molar-refractivity contribution is 5.71. The molecule has 0 aromatic rings. The Balaban J connectivity index is 4.39. The van der Waals surface area contributed by atoms with Crippen LogP contribution in [0.2, 0.25) is 0 Å². The third-order valence-corrected chi connectivity index (χ3v) is 11.0. The van der Waals surface area contributed by atoms with Crippen LogP contribution in [-0.4, -0.2) is 37.2 Å². The lowest BCUT2D eigenvalue weighted by Crippen LogP contribution is -2.30. The van der Waals surface area contributed by atoms with Gasteiger partial charge >= 0.3 is 17.9 Å². The van der Waals surface area contributed by atoms with Crippen molar-refractivity contribution in [3.05, 3.63) is 97.2 Å². The van der Waals surface area contributed by atoms with Crippen molar-refractivity contribution in [3.63, 3.8) is 0 Å². The molecule has 65 heavy (non-hydrogen) atoms. The predicted octanol–water partition coefficient (Wildman–Crippen LogP) is 17.8. The van der Waals surface area contributed by atoms with Crippen molar-refractivity contribution < 1.29 is 28.6 Å². The van der Waals surface area contributed by atoms with Gasteiger partial charge in [-0.15, -0.1) is 0 Å². The van der Waals surface area contributed by atoms with Crippen LogP contribution >= 0.6 is 0 Å². The van der Waals surface area contributed by atoms with Gasteiger partial charge in [-0.1, -0.05) is 201 Å². The molecule has 0 spiro atoms. The lowest BCUT2D eigenvalue weighted by molar-refractivity contribution is -0.167. The van der Waals surface area contributed by atoms with Gasteiger partial charge < -0.3 is 14.2 Å². The van der Waals surface area contributed by atoms with E-state index in [9.17, 15) is 14.4 Å². The maximum Gasteiger partial charge on any atom is 0.306 e. The second-order valence-corrected chi connectivity index (χ2v) is 17.4. The summed E-state index contributed by atoms with van der Waals surface area (Å²) in [7, 11) is 0. The summed E-state index contributed by atoms with van der Waals surface area (Å²) in [6.07, 6.45) is 69.6. The van der Waals surface area contributed by atoms with E-state index in [4.69, 9.17) is 14.2 Å². The molecule has 0 aliphatic carbocycles. The first-order valence-corrected chi connectivity index (χ1v) is 26.7. The molecule has 0 radical (unpaired) electrons. The van der Waals surface area contributed by atoms with Crippen molar-refractivity contribution >= 4 is 17.9 Å². The highest BCUT2D eigenvalue weighted by atomic mass is 16.6. The Bertz CT molecular complexity index is 1310. The normalized spacial score (nSPS) is 12.8. The zero-order chi connectivity index (χ0) is 47.2. The molecule has 0 fully saturated rings. The first kappa shape index (κ1) is 61.3. The van der Waals surface area contributed by atoms with Crippen LogP contribution in [-0.2, 0) is 28.6 Å². The topological polar surface area (TPSA) is 78.9 Å². The van der Waals surface area contributed by atoms with Crippen LogP contribution in [0.15, 0.2) is 97.2 Å². The second-order valence-electron chi connectivity index (χ2n) is 17.4. The molecule has 6 heteroatoms. The molecule has 0 bridgehead atoms. The molecule has 370 valence electrons. The SMILES string of the molecule is CC/C=C\C/C=C\C/C=C\C/C=C\C/C=C\C/C=C\CCCCCCC(=O)OCC(COC(=O)CCCCCCC/C=C\CCCC)OC(=O)CCCCCCC/C=C\CCCCCC. The van der Waals surface area contributed by atoms with Crippen molar-refractivity contribution in [2.75, 3.05) is 13.2 Å². The van der Waals surface area contributed by atoms with Gasteiger partial charge in [0.25, 0.3) is 0 Å². The fourth-order valence-electron chi connectivity index (χ4n) is 7.01. The van der Waals surface area contributed by atoms with Gasteiger partial charge in [-0.3, -0.25) is 14.4 Å². The zero-order valence-corrected chi connectivity index (χ0v) is 42.2. The minimum atomic E-state index is -0.795. The molecule has 0 aromatic heterocycles. The van der Waals surface area contributed by atoms with Crippen LogP contribution in [0.3, 0.4) is 0 Å². The van der Waals surface area contributed by atoms with Crippen molar-refractivity contribution in [1.82, 2.24) is 0 Å². The van der Waals surface area contributed by atoms with E-state index in [1.54, 1.807) is 0 Å². The predicted molar refractivity (Wildman–Crippen MR) is 279 cm³/mol. The first-order valence-electron chi connectivity index (χ1n) is 26.7. The van der Waals surface area contributed by atoms with Gasteiger partial charge in [0.15, 0.2) is 6.10 Å². The summed E-state index contributed by atoms with van der Waals surface area (Å²) in [6, 6.07) is 0. The van der Waals surface area contributed by atoms with Crippen LogP contribution in [0.1, 0.15) is 239 Å². The van der Waals surface area contributed by atoms with Gasteiger partial charge in [0.05, 0.1) is 0 Å². The Morgan fingerprint density at radius 1 is 0.323 bits per heavy atom. The van der Waals surface area contributed by atoms with Crippen LogP contribution in [0.5, 0.6) is 0 Å². The molecule has 0 saturated heterocycles.